The quantitative estimate of drug-likeness (QED) is 0.816. The van der Waals surface area contributed by atoms with Gasteiger partial charge in [0.15, 0.2) is 0 Å². The maximum Gasteiger partial charge on any atom is 0.0915 e. The summed E-state index contributed by atoms with van der Waals surface area (Å²) in [6, 6.07) is 3.60. The second kappa shape index (κ2) is 7.68. The summed E-state index contributed by atoms with van der Waals surface area (Å²) in [7, 11) is 0. The van der Waals surface area contributed by atoms with Crippen LogP contribution in [-0.2, 0) is 0 Å². The number of nitrogens with zero attached hydrogens (tertiary/aromatic N) is 1. The lowest BCUT2D eigenvalue weighted by molar-refractivity contribution is 0.163. The summed E-state index contributed by atoms with van der Waals surface area (Å²) >= 11 is 12.7. The zero-order valence-electron chi connectivity index (χ0n) is 13.5. The molecule has 0 spiro atoms. The van der Waals surface area contributed by atoms with Crippen LogP contribution in [0.5, 0.6) is 0 Å². The molecule has 0 amide bonds. The van der Waals surface area contributed by atoms with Crippen molar-refractivity contribution in [2.45, 2.75) is 46.3 Å². The Kier molecular flexibility index (Phi) is 6.79. The van der Waals surface area contributed by atoms with E-state index < -0.39 is 6.10 Å². The molecule has 2 N–H and O–H groups in total. The highest BCUT2D eigenvalue weighted by Gasteiger charge is 2.18. The van der Waals surface area contributed by atoms with Crippen LogP contribution < -0.4 is 10.2 Å². The molecule has 21 heavy (non-hydrogen) atoms. The van der Waals surface area contributed by atoms with E-state index in [0.717, 1.165) is 24.3 Å². The van der Waals surface area contributed by atoms with Gasteiger partial charge in [0, 0.05) is 25.2 Å². The molecular formula is C16H26Cl2N2O. The molecule has 0 saturated heterocycles. The largest absolute Gasteiger partial charge is 0.387 e. The summed E-state index contributed by atoms with van der Waals surface area (Å²) in [5.41, 5.74) is 1.52. The number of nitrogens with one attached hydrogen (secondary N) is 1. The minimum atomic E-state index is -0.634. The Hall–Kier alpha value is -0.480. The van der Waals surface area contributed by atoms with Crippen molar-refractivity contribution < 1.29 is 5.11 Å². The van der Waals surface area contributed by atoms with Gasteiger partial charge in [-0.25, -0.2) is 0 Å². The number of halogens is 2. The molecular weight excluding hydrogens is 307 g/mol. The summed E-state index contributed by atoms with van der Waals surface area (Å²) in [4.78, 5) is 2.11. The second-order valence-electron chi connectivity index (χ2n) is 6.15. The van der Waals surface area contributed by atoms with Gasteiger partial charge in [0.05, 0.1) is 21.8 Å². The highest BCUT2D eigenvalue weighted by molar-refractivity contribution is 6.39. The van der Waals surface area contributed by atoms with Gasteiger partial charge in [0.2, 0.25) is 0 Å². The lowest BCUT2D eigenvalue weighted by atomic mass is 10.1. The van der Waals surface area contributed by atoms with Gasteiger partial charge in [-0.05, 0) is 52.3 Å². The summed E-state index contributed by atoms with van der Waals surface area (Å²) in [5.74, 6) is 0. The average molecular weight is 333 g/mol. The van der Waals surface area contributed by atoms with E-state index in [1.807, 2.05) is 0 Å². The fraction of sp³-hybridized carbons (Fsp3) is 0.625. The third-order valence-electron chi connectivity index (χ3n) is 3.33. The first-order valence-electron chi connectivity index (χ1n) is 7.36. The van der Waals surface area contributed by atoms with Crippen LogP contribution in [0.15, 0.2) is 12.1 Å². The number of hydrogen-bond donors (Lipinski definition) is 2. The Balaban J connectivity index is 2.97. The molecule has 0 saturated carbocycles. The number of hydrogen-bond acceptors (Lipinski definition) is 3. The number of benzene rings is 1. The molecule has 0 heterocycles. The monoisotopic (exact) mass is 332 g/mol. The Morgan fingerprint density at radius 3 is 2.00 bits per heavy atom. The smallest absolute Gasteiger partial charge is 0.0915 e. The fourth-order valence-corrected chi connectivity index (χ4v) is 2.88. The highest BCUT2D eigenvalue weighted by Crippen LogP contribution is 2.36. The lowest BCUT2D eigenvalue weighted by Crippen LogP contribution is -2.38. The summed E-state index contributed by atoms with van der Waals surface area (Å²) < 4.78 is 0. The summed E-state index contributed by atoms with van der Waals surface area (Å²) in [5, 5.41) is 14.7. The van der Waals surface area contributed by atoms with Crippen LogP contribution >= 0.6 is 23.2 Å². The first-order chi connectivity index (χ1) is 9.69. The van der Waals surface area contributed by atoms with E-state index in [0.29, 0.717) is 16.6 Å². The highest BCUT2D eigenvalue weighted by atomic mass is 35.5. The van der Waals surface area contributed by atoms with Gasteiger partial charge in [0.1, 0.15) is 0 Å². The van der Waals surface area contributed by atoms with Crippen LogP contribution in [0.4, 0.5) is 5.69 Å². The molecule has 1 rings (SSSR count). The molecule has 0 radical (unpaired) electrons. The van der Waals surface area contributed by atoms with Crippen molar-refractivity contribution in [3.63, 3.8) is 0 Å². The molecule has 1 atom stereocenters. The summed E-state index contributed by atoms with van der Waals surface area (Å²) in [6.07, 6.45) is -0.634. The fourth-order valence-electron chi connectivity index (χ4n) is 2.14. The molecule has 0 aliphatic rings. The van der Waals surface area contributed by atoms with E-state index in [2.05, 4.69) is 44.8 Å². The third kappa shape index (κ3) is 5.33. The molecule has 0 aliphatic heterocycles. The SMILES string of the molecule is CCN(CC)c1c(Cl)cc(C(O)CNC(C)(C)C)cc1Cl. The minimum Gasteiger partial charge on any atom is -0.387 e. The van der Waals surface area contributed by atoms with Crippen LogP contribution in [0.1, 0.15) is 46.3 Å². The third-order valence-corrected chi connectivity index (χ3v) is 3.91. The first kappa shape index (κ1) is 18.6. The molecule has 0 bridgehead atoms. The standard InChI is InChI=1S/C16H26Cl2N2O/c1-6-20(7-2)15-12(17)8-11(9-13(15)18)14(21)10-19-16(3,4)5/h8-9,14,19,21H,6-7,10H2,1-5H3. The van der Waals surface area contributed by atoms with Crippen LogP contribution in [0.2, 0.25) is 10.0 Å². The lowest BCUT2D eigenvalue weighted by Gasteiger charge is -2.26. The van der Waals surface area contributed by atoms with E-state index in [4.69, 9.17) is 23.2 Å². The predicted molar refractivity (Wildman–Crippen MR) is 92.7 cm³/mol. The van der Waals surface area contributed by atoms with Gasteiger partial charge in [-0.1, -0.05) is 23.2 Å². The van der Waals surface area contributed by atoms with E-state index in [9.17, 15) is 5.11 Å². The Bertz CT molecular complexity index is 445. The van der Waals surface area contributed by atoms with Gasteiger partial charge < -0.3 is 15.3 Å². The van der Waals surface area contributed by atoms with Gasteiger partial charge in [-0.3, -0.25) is 0 Å². The summed E-state index contributed by atoms with van der Waals surface area (Å²) in [6.45, 7) is 12.4. The zero-order valence-corrected chi connectivity index (χ0v) is 15.0. The van der Waals surface area contributed by atoms with Crippen molar-refractivity contribution in [1.29, 1.82) is 0 Å². The van der Waals surface area contributed by atoms with Gasteiger partial charge >= 0.3 is 0 Å². The Morgan fingerprint density at radius 2 is 1.62 bits per heavy atom. The molecule has 0 fully saturated rings. The minimum absolute atomic E-state index is 0.0459. The molecule has 120 valence electrons. The predicted octanol–water partition coefficient (Wildman–Crippen LogP) is 4.26. The normalized spacial score (nSPS) is 13.3. The van der Waals surface area contributed by atoms with Gasteiger partial charge in [0.25, 0.3) is 0 Å². The van der Waals surface area contributed by atoms with E-state index >= 15 is 0 Å². The molecule has 0 aromatic heterocycles. The number of β-amino-alcohol motifs (C(OH)–C–C–N with tert-alkyl or cyclic N) is 1. The maximum absolute atomic E-state index is 10.3. The second-order valence-corrected chi connectivity index (χ2v) is 6.97. The van der Waals surface area contributed by atoms with Crippen molar-refractivity contribution in [3.8, 4) is 0 Å². The first-order valence-corrected chi connectivity index (χ1v) is 8.12. The van der Waals surface area contributed by atoms with Crippen molar-refractivity contribution in [1.82, 2.24) is 5.32 Å². The van der Waals surface area contributed by atoms with Crippen molar-refractivity contribution >= 4 is 28.9 Å². The van der Waals surface area contributed by atoms with Crippen LogP contribution in [0.3, 0.4) is 0 Å². The van der Waals surface area contributed by atoms with E-state index in [1.54, 1.807) is 12.1 Å². The number of rotatable bonds is 6. The van der Waals surface area contributed by atoms with Crippen molar-refractivity contribution in [3.05, 3.63) is 27.7 Å². The maximum atomic E-state index is 10.3. The molecule has 3 nitrogen and oxygen atoms in total. The van der Waals surface area contributed by atoms with Gasteiger partial charge in [-0.2, -0.15) is 0 Å². The topological polar surface area (TPSA) is 35.5 Å². The molecule has 1 unspecified atom stereocenters. The zero-order chi connectivity index (χ0) is 16.2. The Labute approximate surface area is 138 Å². The molecule has 1 aromatic rings. The molecule has 5 heteroatoms. The van der Waals surface area contributed by atoms with E-state index in [1.165, 1.54) is 0 Å². The van der Waals surface area contributed by atoms with Crippen LogP contribution in [-0.4, -0.2) is 30.3 Å². The van der Waals surface area contributed by atoms with Crippen LogP contribution in [0, 0.1) is 0 Å². The van der Waals surface area contributed by atoms with Crippen LogP contribution in [0.25, 0.3) is 0 Å². The molecule has 0 aliphatic carbocycles. The number of aliphatic hydroxyl groups excluding tert-OH is 1. The van der Waals surface area contributed by atoms with E-state index in [-0.39, 0.29) is 5.54 Å². The number of anilines is 1. The average Bonchev–Trinajstić information content (AvgIpc) is 2.39. The number of aliphatic hydroxyl groups is 1. The van der Waals surface area contributed by atoms with Crippen molar-refractivity contribution in [2.24, 2.45) is 0 Å². The van der Waals surface area contributed by atoms with Crippen molar-refractivity contribution in [2.75, 3.05) is 24.5 Å². The van der Waals surface area contributed by atoms with Gasteiger partial charge in [-0.15, -0.1) is 0 Å². The Morgan fingerprint density at radius 1 is 1.14 bits per heavy atom. The molecule has 1 aromatic carbocycles.